The van der Waals surface area contributed by atoms with Crippen molar-refractivity contribution in [2.45, 2.75) is 83.8 Å². The van der Waals surface area contributed by atoms with Crippen molar-refractivity contribution in [3.63, 3.8) is 0 Å². The molecule has 3 unspecified atom stereocenters. The summed E-state index contributed by atoms with van der Waals surface area (Å²) in [7, 11) is -1.82. The summed E-state index contributed by atoms with van der Waals surface area (Å²) in [6.07, 6.45) is -2.16. The Morgan fingerprint density at radius 2 is 1.59 bits per heavy atom. The lowest BCUT2D eigenvalue weighted by Gasteiger charge is -2.37. The maximum Gasteiger partial charge on any atom is 0.410 e. The number of ether oxygens (including phenoxy) is 3. The van der Waals surface area contributed by atoms with Crippen LogP contribution in [0.3, 0.4) is 0 Å². The van der Waals surface area contributed by atoms with Gasteiger partial charge >= 0.3 is 6.09 Å². The van der Waals surface area contributed by atoms with Gasteiger partial charge in [0.2, 0.25) is 0 Å². The largest absolute Gasteiger partial charge is 0.445 e. The van der Waals surface area contributed by atoms with E-state index in [1.165, 1.54) is 5.56 Å². The highest BCUT2D eigenvalue weighted by atomic mass is 28.3. The number of carbonyl (C=O) groups is 1. The normalized spacial score (nSPS) is 17.0. The molecule has 0 bridgehead atoms. The second-order valence-corrected chi connectivity index (χ2v) is 14.2. The van der Waals surface area contributed by atoms with Gasteiger partial charge in [-0.2, -0.15) is 0 Å². The summed E-state index contributed by atoms with van der Waals surface area (Å²) in [5.41, 5.74) is 1.96. The molecule has 44 heavy (non-hydrogen) atoms. The number of benzene rings is 3. The number of rotatable bonds is 13. The molecule has 3 aromatic rings. The first-order valence-electron chi connectivity index (χ1n) is 15.3. The Balaban J connectivity index is 1.61. The van der Waals surface area contributed by atoms with Crippen molar-refractivity contribution in [1.29, 1.82) is 0 Å². The highest BCUT2D eigenvalue weighted by Crippen LogP contribution is 2.22. The minimum Gasteiger partial charge on any atom is -0.445 e. The van der Waals surface area contributed by atoms with Crippen LogP contribution in [-0.2, 0) is 30.7 Å². The van der Waals surface area contributed by atoms with Gasteiger partial charge in [-0.1, -0.05) is 106 Å². The molecule has 1 amide bonds. The molecular formula is C35H44F2NO5Si. The molecule has 1 heterocycles. The van der Waals surface area contributed by atoms with Crippen molar-refractivity contribution in [2.24, 2.45) is 0 Å². The number of carbonyl (C=O) groups excluding carboxylic acids is 1. The molecule has 3 atom stereocenters. The molecule has 0 N–H and O–H groups in total. The van der Waals surface area contributed by atoms with Gasteiger partial charge in [-0.05, 0) is 53.1 Å². The topological polar surface area (TPSA) is 57.2 Å². The molecule has 237 valence electrons. The summed E-state index contributed by atoms with van der Waals surface area (Å²) in [4.78, 5) is 14.5. The Kier molecular flexibility index (Phi) is 12.5. The van der Waals surface area contributed by atoms with Crippen LogP contribution < -0.4 is 10.4 Å². The van der Waals surface area contributed by atoms with E-state index in [2.05, 4.69) is 45.0 Å². The summed E-state index contributed by atoms with van der Waals surface area (Å²) in [6, 6.07) is 26.6. The number of nitrogens with zero attached hydrogens (tertiary/aromatic N) is 1. The lowest BCUT2D eigenvalue weighted by molar-refractivity contribution is -0.197. The standard InChI is InChI=1S/C35H44F2NO5Si/c1-26(43-33-17-11-12-22-40-33)31(38(23-32(36)37)34(39)41-24-27-13-7-5-8-14-27)25-42-44(29-15-9-6-10-16-29)30-20-18-28(19-21-30)35(2,3)4/h5-10,13-16,18-21,26,31-33H,11-12,17,22-25H2,1-4H3. The fourth-order valence-electron chi connectivity index (χ4n) is 5.14. The molecule has 1 aliphatic heterocycles. The van der Waals surface area contributed by atoms with E-state index in [0.29, 0.717) is 13.0 Å². The van der Waals surface area contributed by atoms with Crippen LogP contribution in [0.15, 0.2) is 84.9 Å². The lowest BCUT2D eigenvalue weighted by Crippen LogP contribution is -2.55. The lowest BCUT2D eigenvalue weighted by atomic mass is 9.87. The monoisotopic (exact) mass is 624 g/mol. The highest BCUT2D eigenvalue weighted by Gasteiger charge is 2.36. The van der Waals surface area contributed by atoms with Crippen molar-refractivity contribution in [1.82, 2.24) is 4.90 Å². The molecular weight excluding hydrogens is 580 g/mol. The number of hydrogen-bond acceptors (Lipinski definition) is 5. The third kappa shape index (κ3) is 9.95. The van der Waals surface area contributed by atoms with Crippen LogP contribution in [0.2, 0.25) is 0 Å². The number of halogens is 2. The third-order valence-corrected chi connectivity index (χ3v) is 9.84. The number of alkyl halides is 2. The SMILES string of the molecule is CC(OC1CCCCO1)C(CO[Si](c1ccccc1)c1ccc(C(C)(C)C)cc1)N(CC(F)F)C(=O)OCc1ccccc1. The van der Waals surface area contributed by atoms with E-state index in [1.54, 1.807) is 6.92 Å². The van der Waals surface area contributed by atoms with Gasteiger partial charge in [0.15, 0.2) is 6.29 Å². The van der Waals surface area contributed by atoms with Crippen LogP contribution in [-0.4, -0.2) is 64.7 Å². The average molecular weight is 625 g/mol. The van der Waals surface area contributed by atoms with E-state index < -0.39 is 46.5 Å². The number of amides is 1. The predicted octanol–water partition coefficient (Wildman–Crippen LogP) is 6.31. The quantitative estimate of drug-likeness (QED) is 0.209. The van der Waals surface area contributed by atoms with Gasteiger partial charge in [-0.15, -0.1) is 0 Å². The molecule has 0 aliphatic carbocycles. The summed E-state index contributed by atoms with van der Waals surface area (Å²) in [5, 5.41) is 2.03. The fraction of sp³-hybridized carbons (Fsp3) is 0.457. The van der Waals surface area contributed by atoms with Crippen LogP contribution in [0.1, 0.15) is 58.1 Å². The van der Waals surface area contributed by atoms with Crippen LogP contribution in [0, 0.1) is 0 Å². The van der Waals surface area contributed by atoms with Crippen molar-refractivity contribution in [3.8, 4) is 0 Å². The molecule has 1 radical (unpaired) electrons. The van der Waals surface area contributed by atoms with Crippen molar-refractivity contribution >= 4 is 25.5 Å². The Labute approximate surface area is 262 Å². The zero-order chi connectivity index (χ0) is 31.5. The summed E-state index contributed by atoms with van der Waals surface area (Å²) in [6.45, 7) is 7.98. The van der Waals surface area contributed by atoms with E-state index in [0.717, 1.165) is 33.7 Å². The first-order chi connectivity index (χ1) is 21.1. The van der Waals surface area contributed by atoms with Crippen molar-refractivity contribution < 1.29 is 32.2 Å². The van der Waals surface area contributed by atoms with E-state index in [9.17, 15) is 13.6 Å². The van der Waals surface area contributed by atoms with Gasteiger partial charge in [0.25, 0.3) is 15.5 Å². The molecule has 6 nitrogen and oxygen atoms in total. The minimum absolute atomic E-state index is 0.00597. The predicted molar refractivity (Wildman–Crippen MR) is 170 cm³/mol. The van der Waals surface area contributed by atoms with Gasteiger partial charge in [0, 0.05) is 6.61 Å². The fourth-order valence-corrected chi connectivity index (χ4v) is 7.11. The maximum atomic E-state index is 14.0. The Morgan fingerprint density at radius 1 is 0.955 bits per heavy atom. The molecule has 0 aromatic heterocycles. The summed E-state index contributed by atoms with van der Waals surface area (Å²) in [5.74, 6) is 0. The van der Waals surface area contributed by atoms with E-state index in [-0.39, 0.29) is 18.6 Å². The number of hydrogen-bond donors (Lipinski definition) is 0. The van der Waals surface area contributed by atoms with Gasteiger partial charge in [-0.25, -0.2) is 13.6 Å². The van der Waals surface area contributed by atoms with Gasteiger partial charge in [0.1, 0.15) is 6.61 Å². The molecule has 4 rings (SSSR count). The van der Waals surface area contributed by atoms with Crippen LogP contribution in [0.5, 0.6) is 0 Å². The molecule has 0 spiro atoms. The molecule has 3 aromatic carbocycles. The first kappa shape index (κ1) is 33.8. The molecule has 1 fully saturated rings. The minimum atomic E-state index is -2.77. The Morgan fingerprint density at radius 3 is 2.18 bits per heavy atom. The second-order valence-electron chi connectivity index (χ2n) is 12.1. The van der Waals surface area contributed by atoms with E-state index >= 15 is 0 Å². The zero-order valence-corrected chi connectivity index (χ0v) is 27.1. The highest BCUT2D eigenvalue weighted by molar-refractivity contribution is 6.80. The smallest absolute Gasteiger partial charge is 0.410 e. The van der Waals surface area contributed by atoms with Gasteiger partial charge in [0.05, 0.1) is 25.3 Å². The third-order valence-electron chi connectivity index (χ3n) is 7.67. The van der Waals surface area contributed by atoms with Crippen LogP contribution in [0.4, 0.5) is 13.6 Å². The van der Waals surface area contributed by atoms with Crippen molar-refractivity contribution in [3.05, 3.63) is 96.1 Å². The maximum absolute atomic E-state index is 14.0. The van der Waals surface area contributed by atoms with Crippen LogP contribution >= 0.6 is 0 Å². The Bertz CT molecular complexity index is 1270. The molecule has 1 saturated heterocycles. The molecule has 0 saturated carbocycles. The first-order valence-corrected chi connectivity index (χ1v) is 16.7. The van der Waals surface area contributed by atoms with E-state index in [1.807, 2.05) is 60.7 Å². The van der Waals surface area contributed by atoms with Crippen molar-refractivity contribution in [2.75, 3.05) is 19.8 Å². The molecule has 9 heteroatoms. The zero-order valence-electron chi connectivity index (χ0n) is 26.1. The summed E-state index contributed by atoms with van der Waals surface area (Å²) >= 11 is 0. The summed E-state index contributed by atoms with van der Waals surface area (Å²) < 4.78 is 52.3. The van der Waals surface area contributed by atoms with Gasteiger partial charge in [-0.3, -0.25) is 4.90 Å². The Hall–Kier alpha value is -3.11. The second kappa shape index (κ2) is 16.3. The van der Waals surface area contributed by atoms with Gasteiger partial charge < -0.3 is 18.6 Å². The van der Waals surface area contributed by atoms with E-state index in [4.69, 9.17) is 18.6 Å². The average Bonchev–Trinajstić information content (AvgIpc) is 3.02. The molecule has 1 aliphatic rings. The van der Waals surface area contributed by atoms with Crippen LogP contribution in [0.25, 0.3) is 0 Å².